The normalized spacial score (nSPS) is 23.7. The molecule has 1 spiro atoms. The van der Waals surface area contributed by atoms with E-state index in [1.165, 1.54) is 0 Å². The number of hydrogen-bond acceptors (Lipinski definition) is 8. The first-order valence-electron chi connectivity index (χ1n) is 12.2. The molecule has 0 bridgehead atoms. The predicted octanol–water partition coefficient (Wildman–Crippen LogP) is 2.91. The van der Waals surface area contributed by atoms with Crippen molar-refractivity contribution in [3.8, 4) is 17.0 Å². The number of aliphatic hydroxyl groups excluding tert-OH is 1. The van der Waals surface area contributed by atoms with Gasteiger partial charge in [-0.2, -0.15) is 0 Å². The lowest BCUT2D eigenvalue weighted by atomic mass is 9.84. The zero-order valence-corrected chi connectivity index (χ0v) is 19.3. The molecule has 9 nitrogen and oxygen atoms in total. The van der Waals surface area contributed by atoms with Crippen LogP contribution in [0.2, 0.25) is 0 Å². The number of imidazole rings is 1. The van der Waals surface area contributed by atoms with Gasteiger partial charge in [0.2, 0.25) is 5.95 Å². The van der Waals surface area contributed by atoms with Crippen LogP contribution >= 0.6 is 0 Å². The van der Waals surface area contributed by atoms with Crippen LogP contribution in [0.25, 0.3) is 22.4 Å². The molecule has 1 fully saturated rings. The highest BCUT2D eigenvalue weighted by molar-refractivity contribution is 5.77. The Hall–Kier alpha value is -3.56. The van der Waals surface area contributed by atoms with Gasteiger partial charge in [-0.15, -0.1) is 0 Å². The number of aromatic nitrogens is 5. The van der Waals surface area contributed by atoms with Gasteiger partial charge < -0.3 is 19.5 Å². The van der Waals surface area contributed by atoms with Crippen molar-refractivity contribution in [2.45, 2.75) is 37.5 Å². The Kier molecular flexibility index (Phi) is 4.75. The van der Waals surface area contributed by atoms with Gasteiger partial charge in [0.05, 0.1) is 25.0 Å². The lowest BCUT2D eigenvalue weighted by molar-refractivity contribution is 0.00399. The average Bonchev–Trinajstić information content (AvgIpc) is 3.28. The van der Waals surface area contributed by atoms with Gasteiger partial charge in [-0.1, -0.05) is 18.2 Å². The Bertz CT molecular complexity index is 1400. The summed E-state index contributed by atoms with van der Waals surface area (Å²) in [6.45, 7) is 3.05. The maximum absolute atomic E-state index is 9.98. The van der Waals surface area contributed by atoms with E-state index in [0.29, 0.717) is 32.3 Å². The molecule has 1 N–H and O–H groups in total. The van der Waals surface area contributed by atoms with E-state index in [1.54, 1.807) is 0 Å². The third-order valence-corrected chi connectivity index (χ3v) is 7.35. The summed E-state index contributed by atoms with van der Waals surface area (Å²) < 4.78 is 14.3. The molecular formula is C26H26N6O3. The fourth-order valence-corrected chi connectivity index (χ4v) is 5.66. The summed E-state index contributed by atoms with van der Waals surface area (Å²) >= 11 is 0. The molecular weight excluding hydrogens is 444 g/mol. The summed E-state index contributed by atoms with van der Waals surface area (Å²) in [6.07, 6.45) is 5.86. The van der Waals surface area contributed by atoms with Crippen LogP contribution in [-0.4, -0.2) is 62.0 Å². The lowest BCUT2D eigenvalue weighted by Gasteiger charge is -2.43. The molecule has 3 aromatic heterocycles. The molecule has 0 aliphatic carbocycles. The van der Waals surface area contributed by atoms with E-state index >= 15 is 0 Å². The zero-order valence-electron chi connectivity index (χ0n) is 19.3. The lowest BCUT2D eigenvalue weighted by Crippen LogP contribution is -2.47. The maximum atomic E-state index is 9.98. The Morgan fingerprint density at radius 2 is 1.94 bits per heavy atom. The van der Waals surface area contributed by atoms with E-state index in [9.17, 15) is 5.11 Å². The van der Waals surface area contributed by atoms with Crippen LogP contribution in [0.5, 0.6) is 5.75 Å². The van der Waals surface area contributed by atoms with Crippen molar-refractivity contribution in [2.24, 2.45) is 0 Å². The van der Waals surface area contributed by atoms with Gasteiger partial charge in [0, 0.05) is 43.0 Å². The van der Waals surface area contributed by atoms with Crippen molar-refractivity contribution in [2.75, 3.05) is 31.2 Å². The van der Waals surface area contributed by atoms with Gasteiger partial charge in [-0.3, -0.25) is 4.57 Å². The number of rotatable bonds is 2. The number of fused-ring (bicyclic) bond motifs is 6. The molecule has 2 unspecified atom stereocenters. The van der Waals surface area contributed by atoms with Crippen molar-refractivity contribution in [3.05, 3.63) is 60.2 Å². The minimum absolute atomic E-state index is 0.323. The topological polar surface area (TPSA) is 98.4 Å². The number of nitrogens with zero attached hydrogens (tertiary/aromatic N) is 6. The number of β-amino-alcohol motifs (C(OH)–C–C–N with tert-alkyl or cyclic N) is 1. The number of para-hydroxylation sites is 1. The Morgan fingerprint density at radius 3 is 2.83 bits per heavy atom. The summed E-state index contributed by atoms with van der Waals surface area (Å²) in [7, 11) is 0. The largest absolute Gasteiger partial charge is 0.493 e. The first kappa shape index (κ1) is 20.8. The minimum Gasteiger partial charge on any atom is -0.493 e. The van der Waals surface area contributed by atoms with E-state index in [0.717, 1.165) is 65.4 Å². The first-order valence-corrected chi connectivity index (χ1v) is 12.2. The summed E-state index contributed by atoms with van der Waals surface area (Å²) in [6, 6.07) is 12.2. The second kappa shape index (κ2) is 8.00. The number of piperidine rings is 1. The Balaban J connectivity index is 1.31. The van der Waals surface area contributed by atoms with Crippen LogP contribution < -0.4 is 9.64 Å². The minimum atomic E-state index is -0.405. The van der Waals surface area contributed by atoms with Gasteiger partial charge in [0.25, 0.3) is 0 Å². The average molecular weight is 471 g/mol. The third kappa shape index (κ3) is 3.30. The van der Waals surface area contributed by atoms with Crippen LogP contribution in [0.1, 0.15) is 30.7 Å². The second-order valence-electron chi connectivity index (χ2n) is 9.54. The molecule has 2 atom stereocenters. The molecule has 0 radical (unpaired) electrons. The highest BCUT2D eigenvalue weighted by Crippen LogP contribution is 2.44. The number of aliphatic hydroxyl groups is 1. The molecule has 3 aliphatic heterocycles. The smallest absolute Gasteiger partial charge is 0.225 e. The molecule has 7 rings (SSSR count). The van der Waals surface area contributed by atoms with Gasteiger partial charge >= 0.3 is 0 Å². The summed E-state index contributed by atoms with van der Waals surface area (Å²) in [5.41, 5.74) is 4.02. The molecule has 9 heteroatoms. The van der Waals surface area contributed by atoms with E-state index in [1.807, 2.05) is 47.6 Å². The van der Waals surface area contributed by atoms with Crippen LogP contribution in [0, 0.1) is 0 Å². The second-order valence-corrected chi connectivity index (χ2v) is 9.54. The summed E-state index contributed by atoms with van der Waals surface area (Å²) in [4.78, 5) is 21.1. The molecule has 6 heterocycles. The standard InChI is InChI=1S/C26H26N6O3/c33-18-4-3-10-31(14-18)25-27-12-17(13-28-25)20-7-8-21-24(30-20)32-23(29-21)15-34-16-26(32)9-11-35-22-6-2-1-5-19(22)26/h1-2,5-8,12-13,18,33H,3-4,9-11,14-16H2. The van der Waals surface area contributed by atoms with Crippen molar-refractivity contribution >= 4 is 17.1 Å². The van der Waals surface area contributed by atoms with Crippen molar-refractivity contribution < 1.29 is 14.6 Å². The number of benzene rings is 1. The molecule has 1 aromatic carbocycles. The molecule has 178 valence electrons. The van der Waals surface area contributed by atoms with Crippen molar-refractivity contribution in [1.29, 1.82) is 0 Å². The number of hydrogen-bond donors (Lipinski definition) is 1. The SMILES string of the molecule is OC1CCCN(c2ncc(-c3ccc4nc5n(c4n3)C3(CCOc4ccccc43)COC5)cn2)C1. The Labute approximate surface area is 202 Å². The first-order chi connectivity index (χ1) is 17.2. The van der Waals surface area contributed by atoms with Crippen LogP contribution in [0.15, 0.2) is 48.8 Å². The molecule has 1 saturated heterocycles. The van der Waals surface area contributed by atoms with Gasteiger partial charge in [-0.25, -0.2) is 19.9 Å². The number of anilines is 1. The summed E-state index contributed by atoms with van der Waals surface area (Å²) in [5, 5.41) is 9.98. The molecule has 0 saturated carbocycles. The molecule has 35 heavy (non-hydrogen) atoms. The van der Waals surface area contributed by atoms with Gasteiger partial charge in [0.15, 0.2) is 5.65 Å². The van der Waals surface area contributed by atoms with Crippen LogP contribution in [-0.2, 0) is 16.9 Å². The van der Waals surface area contributed by atoms with Crippen LogP contribution in [0.4, 0.5) is 5.95 Å². The van der Waals surface area contributed by atoms with E-state index in [4.69, 9.17) is 19.4 Å². The fraction of sp³-hybridized carbons (Fsp3) is 0.385. The van der Waals surface area contributed by atoms with Crippen molar-refractivity contribution in [1.82, 2.24) is 24.5 Å². The monoisotopic (exact) mass is 470 g/mol. The zero-order chi connectivity index (χ0) is 23.4. The summed E-state index contributed by atoms with van der Waals surface area (Å²) in [5.74, 6) is 2.41. The third-order valence-electron chi connectivity index (χ3n) is 7.35. The predicted molar refractivity (Wildman–Crippen MR) is 129 cm³/mol. The van der Waals surface area contributed by atoms with Crippen molar-refractivity contribution in [3.63, 3.8) is 0 Å². The highest BCUT2D eigenvalue weighted by atomic mass is 16.5. The molecule has 3 aliphatic rings. The quantitative estimate of drug-likeness (QED) is 0.478. The van der Waals surface area contributed by atoms with E-state index in [2.05, 4.69) is 20.6 Å². The number of pyridine rings is 1. The van der Waals surface area contributed by atoms with E-state index in [-0.39, 0.29) is 6.10 Å². The van der Waals surface area contributed by atoms with Crippen LogP contribution in [0.3, 0.4) is 0 Å². The van der Waals surface area contributed by atoms with Gasteiger partial charge in [0.1, 0.15) is 29.2 Å². The highest BCUT2D eigenvalue weighted by Gasteiger charge is 2.45. The van der Waals surface area contributed by atoms with E-state index < -0.39 is 5.54 Å². The number of ether oxygens (including phenoxy) is 2. The van der Waals surface area contributed by atoms with Gasteiger partial charge in [-0.05, 0) is 31.0 Å². The molecule has 0 amide bonds. The maximum Gasteiger partial charge on any atom is 0.225 e. The Morgan fingerprint density at radius 1 is 1.06 bits per heavy atom. The molecule has 4 aromatic rings. The fourth-order valence-electron chi connectivity index (χ4n) is 5.66.